The molecule has 0 saturated heterocycles. The van der Waals surface area contributed by atoms with Gasteiger partial charge in [0.2, 0.25) is 0 Å². The van der Waals surface area contributed by atoms with Crippen LogP contribution in [-0.4, -0.2) is 29.8 Å². The third kappa shape index (κ3) is 5.79. The Morgan fingerprint density at radius 1 is 1.05 bits per heavy atom. The van der Waals surface area contributed by atoms with Gasteiger partial charge in [-0.3, -0.25) is 0 Å². The molecule has 128 valence electrons. The smallest absolute Gasteiger partial charge is 0.407 e. The zero-order chi connectivity index (χ0) is 16.2. The van der Waals surface area contributed by atoms with Crippen LogP contribution in [0.15, 0.2) is 0 Å². The van der Waals surface area contributed by atoms with E-state index in [-0.39, 0.29) is 12.1 Å². The quantitative estimate of drug-likeness (QED) is 0.772. The molecule has 0 heterocycles. The van der Waals surface area contributed by atoms with Gasteiger partial charge in [0, 0.05) is 18.1 Å². The molecule has 2 rings (SSSR count). The van der Waals surface area contributed by atoms with Crippen molar-refractivity contribution >= 4 is 6.09 Å². The summed E-state index contributed by atoms with van der Waals surface area (Å²) in [6.45, 7) is 8.01. The van der Waals surface area contributed by atoms with Gasteiger partial charge in [0.15, 0.2) is 0 Å². The van der Waals surface area contributed by atoms with E-state index in [1.807, 2.05) is 20.8 Å². The van der Waals surface area contributed by atoms with Gasteiger partial charge in [-0.15, -0.1) is 0 Å². The number of hydrogen-bond donors (Lipinski definition) is 2. The first kappa shape index (κ1) is 17.6. The molecule has 2 N–H and O–H groups in total. The molecule has 1 amide bonds. The van der Waals surface area contributed by atoms with Gasteiger partial charge in [-0.2, -0.15) is 0 Å². The highest BCUT2D eigenvalue weighted by molar-refractivity contribution is 5.68. The van der Waals surface area contributed by atoms with Crippen LogP contribution in [0.5, 0.6) is 0 Å². The van der Waals surface area contributed by atoms with Crippen molar-refractivity contribution in [2.45, 2.75) is 103 Å². The lowest BCUT2D eigenvalue weighted by Gasteiger charge is -2.39. The minimum atomic E-state index is -0.415. The third-order valence-corrected chi connectivity index (χ3v) is 5.00. The van der Waals surface area contributed by atoms with Crippen molar-refractivity contribution in [3.05, 3.63) is 0 Å². The molecule has 0 aromatic rings. The standard InChI is InChI=1S/C18H34N2O2/c1-5-13-7-6-8-14(10-9-13)19-15-11-16(12-15)20-17(21)22-18(2,3)4/h13-16,19H,5-12H2,1-4H3,(H,20,21). The number of nitrogens with one attached hydrogen (secondary N) is 2. The van der Waals surface area contributed by atoms with Gasteiger partial charge in [0.1, 0.15) is 5.60 Å². The Hall–Kier alpha value is -0.770. The van der Waals surface area contributed by atoms with Gasteiger partial charge in [-0.1, -0.05) is 26.2 Å². The predicted octanol–water partition coefficient (Wildman–Crippen LogP) is 3.99. The Morgan fingerprint density at radius 3 is 2.41 bits per heavy atom. The average molecular weight is 310 g/mol. The summed E-state index contributed by atoms with van der Waals surface area (Å²) in [5, 5.41) is 6.77. The lowest BCUT2D eigenvalue weighted by atomic mass is 9.86. The molecule has 0 aromatic carbocycles. The Bertz CT molecular complexity index is 359. The topological polar surface area (TPSA) is 50.4 Å². The van der Waals surface area contributed by atoms with Crippen LogP contribution in [0.3, 0.4) is 0 Å². The first-order valence-electron chi connectivity index (χ1n) is 9.11. The number of amides is 1. The number of hydrogen-bond acceptors (Lipinski definition) is 3. The van der Waals surface area contributed by atoms with Crippen molar-refractivity contribution in [1.29, 1.82) is 0 Å². The Morgan fingerprint density at radius 2 is 1.77 bits per heavy atom. The molecule has 0 aliphatic heterocycles. The van der Waals surface area contributed by atoms with Crippen LogP contribution >= 0.6 is 0 Å². The number of ether oxygens (including phenoxy) is 1. The first-order chi connectivity index (χ1) is 10.4. The lowest BCUT2D eigenvalue weighted by Crippen LogP contribution is -2.55. The number of carbonyl (C=O) groups is 1. The molecule has 2 aliphatic carbocycles. The molecule has 2 atom stereocenters. The maximum atomic E-state index is 11.7. The highest BCUT2D eigenvalue weighted by atomic mass is 16.6. The van der Waals surface area contributed by atoms with E-state index >= 15 is 0 Å². The monoisotopic (exact) mass is 310 g/mol. The maximum absolute atomic E-state index is 11.7. The first-order valence-corrected chi connectivity index (χ1v) is 9.11. The van der Waals surface area contributed by atoms with E-state index < -0.39 is 5.60 Å². The van der Waals surface area contributed by atoms with E-state index in [0.717, 1.165) is 18.8 Å². The van der Waals surface area contributed by atoms with Crippen LogP contribution < -0.4 is 10.6 Å². The largest absolute Gasteiger partial charge is 0.444 e. The van der Waals surface area contributed by atoms with Crippen molar-refractivity contribution in [3.63, 3.8) is 0 Å². The molecular weight excluding hydrogens is 276 g/mol. The third-order valence-electron chi connectivity index (χ3n) is 5.00. The van der Waals surface area contributed by atoms with Gasteiger partial charge in [-0.25, -0.2) is 4.79 Å². The fourth-order valence-electron chi connectivity index (χ4n) is 3.63. The van der Waals surface area contributed by atoms with Crippen molar-refractivity contribution in [2.24, 2.45) is 5.92 Å². The highest BCUT2D eigenvalue weighted by Crippen LogP contribution is 2.28. The van der Waals surface area contributed by atoms with Crippen LogP contribution in [0.1, 0.15) is 79.1 Å². The van der Waals surface area contributed by atoms with E-state index in [0.29, 0.717) is 12.1 Å². The molecule has 2 unspecified atom stereocenters. The van der Waals surface area contributed by atoms with E-state index in [4.69, 9.17) is 4.74 Å². The fraction of sp³-hybridized carbons (Fsp3) is 0.944. The SMILES string of the molecule is CCC1CCCC(NC2CC(NC(=O)OC(C)(C)C)C2)CC1. The summed E-state index contributed by atoms with van der Waals surface area (Å²) < 4.78 is 5.30. The molecule has 2 saturated carbocycles. The van der Waals surface area contributed by atoms with E-state index in [1.54, 1.807) is 0 Å². The van der Waals surface area contributed by atoms with Crippen LogP contribution in [0.4, 0.5) is 4.79 Å². The van der Waals surface area contributed by atoms with Crippen molar-refractivity contribution in [3.8, 4) is 0 Å². The summed E-state index contributed by atoms with van der Waals surface area (Å²) in [6.07, 6.45) is 9.90. The summed E-state index contributed by atoms with van der Waals surface area (Å²) in [5.74, 6) is 0.940. The molecule has 2 fully saturated rings. The summed E-state index contributed by atoms with van der Waals surface area (Å²) in [4.78, 5) is 11.7. The second-order valence-corrected chi connectivity index (χ2v) is 8.16. The van der Waals surface area contributed by atoms with Gasteiger partial charge in [0.25, 0.3) is 0 Å². The normalized spacial score (nSPS) is 32.7. The molecule has 2 aliphatic rings. The van der Waals surface area contributed by atoms with Crippen molar-refractivity contribution in [1.82, 2.24) is 10.6 Å². The second-order valence-electron chi connectivity index (χ2n) is 8.16. The molecule has 0 radical (unpaired) electrons. The second kappa shape index (κ2) is 7.67. The minimum Gasteiger partial charge on any atom is -0.444 e. The van der Waals surface area contributed by atoms with Crippen molar-refractivity contribution in [2.75, 3.05) is 0 Å². The zero-order valence-electron chi connectivity index (χ0n) is 14.8. The summed E-state index contributed by atoms with van der Waals surface area (Å²) in [6, 6.07) is 1.54. The van der Waals surface area contributed by atoms with Gasteiger partial charge in [-0.05, 0) is 58.8 Å². The molecule has 0 bridgehead atoms. The van der Waals surface area contributed by atoms with Gasteiger partial charge in [0.05, 0.1) is 0 Å². The molecule has 22 heavy (non-hydrogen) atoms. The average Bonchev–Trinajstić information content (AvgIpc) is 2.59. The zero-order valence-corrected chi connectivity index (χ0v) is 14.8. The fourth-order valence-corrected chi connectivity index (χ4v) is 3.63. The predicted molar refractivity (Wildman–Crippen MR) is 90.0 cm³/mol. The van der Waals surface area contributed by atoms with E-state index in [2.05, 4.69) is 17.6 Å². The Kier molecular flexibility index (Phi) is 6.13. The van der Waals surface area contributed by atoms with E-state index in [1.165, 1.54) is 38.5 Å². The molecule has 4 heteroatoms. The summed E-state index contributed by atoms with van der Waals surface area (Å²) >= 11 is 0. The van der Waals surface area contributed by atoms with Crippen LogP contribution in [0.25, 0.3) is 0 Å². The number of rotatable bonds is 4. The Labute approximate surface area is 135 Å². The lowest BCUT2D eigenvalue weighted by molar-refractivity contribution is 0.0462. The Balaban J connectivity index is 1.62. The molecule has 0 spiro atoms. The minimum absolute atomic E-state index is 0.279. The van der Waals surface area contributed by atoms with Crippen LogP contribution in [-0.2, 0) is 4.74 Å². The van der Waals surface area contributed by atoms with Gasteiger partial charge >= 0.3 is 6.09 Å². The van der Waals surface area contributed by atoms with Crippen LogP contribution in [0, 0.1) is 5.92 Å². The summed E-state index contributed by atoms with van der Waals surface area (Å²) in [5.41, 5.74) is -0.415. The maximum Gasteiger partial charge on any atom is 0.407 e. The van der Waals surface area contributed by atoms with E-state index in [9.17, 15) is 4.79 Å². The number of carbonyl (C=O) groups excluding carboxylic acids is 1. The van der Waals surface area contributed by atoms with Crippen molar-refractivity contribution < 1.29 is 9.53 Å². The summed E-state index contributed by atoms with van der Waals surface area (Å²) in [7, 11) is 0. The van der Waals surface area contributed by atoms with Crippen LogP contribution in [0.2, 0.25) is 0 Å². The number of alkyl carbamates (subject to hydrolysis) is 1. The molecular formula is C18H34N2O2. The molecule has 4 nitrogen and oxygen atoms in total. The van der Waals surface area contributed by atoms with Gasteiger partial charge < -0.3 is 15.4 Å². The highest BCUT2D eigenvalue weighted by Gasteiger charge is 2.33. The molecule has 0 aromatic heterocycles.